The summed E-state index contributed by atoms with van der Waals surface area (Å²) in [5, 5.41) is 6.27. The van der Waals surface area contributed by atoms with Gasteiger partial charge in [-0.2, -0.15) is 0 Å². The van der Waals surface area contributed by atoms with Gasteiger partial charge in [-0.15, -0.1) is 0 Å². The minimum atomic E-state index is -0.644. The highest BCUT2D eigenvalue weighted by Gasteiger charge is 2.13. The van der Waals surface area contributed by atoms with Crippen LogP contribution in [0.4, 0.5) is 22.1 Å². The Morgan fingerprint density at radius 2 is 1.80 bits per heavy atom. The van der Waals surface area contributed by atoms with Crippen LogP contribution in [-0.2, 0) is 16.0 Å². The largest absolute Gasteiger partial charge is 0.509 e. The summed E-state index contributed by atoms with van der Waals surface area (Å²) in [5.74, 6) is 0.253. The van der Waals surface area contributed by atoms with E-state index < -0.39 is 6.16 Å². The summed E-state index contributed by atoms with van der Waals surface area (Å²) in [5.41, 5.74) is 5.76. The van der Waals surface area contributed by atoms with Crippen molar-refractivity contribution in [3.05, 3.63) is 95.9 Å². The van der Waals surface area contributed by atoms with Crippen LogP contribution in [0.1, 0.15) is 48.7 Å². The van der Waals surface area contributed by atoms with Gasteiger partial charge in [-0.1, -0.05) is 32.0 Å². The third kappa shape index (κ3) is 10.4. The molecule has 1 amide bonds. The minimum Gasteiger partial charge on any atom is -0.431 e. The fourth-order valence-electron chi connectivity index (χ4n) is 4.44. The van der Waals surface area contributed by atoms with E-state index in [9.17, 15) is 9.59 Å². The Hall–Kier alpha value is -4.87. The van der Waals surface area contributed by atoms with Crippen LogP contribution in [0.3, 0.4) is 0 Å². The number of rotatable bonds is 15. The van der Waals surface area contributed by atoms with Crippen molar-refractivity contribution in [1.29, 1.82) is 0 Å². The Morgan fingerprint density at radius 3 is 2.52 bits per heavy atom. The normalized spacial score (nSPS) is 11.7. The lowest BCUT2D eigenvalue weighted by Gasteiger charge is -2.24. The average Bonchev–Trinajstić information content (AvgIpc) is 3.07. The highest BCUT2D eigenvalue weighted by molar-refractivity contribution is 6.04. The number of ether oxygens (including phenoxy) is 2. The summed E-state index contributed by atoms with van der Waals surface area (Å²) in [4.78, 5) is 42.2. The van der Waals surface area contributed by atoms with E-state index in [2.05, 4.69) is 37.4 Å². The maximum Gasteiger partial charge on any atom is 0.509 e. The molecule has 1 atom stereocenters. The van der Waals surface area contributed by atoms with Crippen LogP contribution in [0.15, 0.2) is 79.3 Å². The molecule has 0 saturated carbocycles. The summed E-state index contributed by atoms with van der Waals surface area (Å²) >= 11 is 0. The van der Waals surface area contributed by atoms with Crippen molar-refractivity contribution in [2.75, 3.05) is 44.0 Å². The van der Waals surface area contributed by atoms with Gasteiger partial charge in [-0.05, 0) is 87.5 Å². The first-order valence-electron chi connectivity index (χ1n) is 15.5. The summed E-state index contributed by atoms with van der Waals surface area (Å²) in [6, 6.07) is 19.0. The number of benzene rings is 2. The number of carbonyl (C=O) groups excluding carboxylic acids is 2. The Balaban J connectivity index is 1.29. The van der Waals surface area contributed by atoms with Gasteiger partial charge in [0, 0.05) is 60.7 Å². The first-order valence-corrected chi connectivity index (χ1v) is 15.5. The fraction of sp³-hybridized carbons (Fsp3) is 0.343. The van der Waals surface area contributed by atoms with Crippen molar-refractivity contribution in [3.8, 4) is 11.3 Å². The maximum absolute atomic E-state index is 13.1. The second kappa shape index (κ2) is 17.0. The summed E-state index contributed by atoms with van der Waals surface area (Å²) in [6.45, 7) is 11.2. The van der Waals surface area contributed by atoms with Gasteiger partial charge in [0.15, 0.2) is 0 Å². The van der Waals surface area contributed by atoms with E-state index in [1.807, 2.05) is 93.4 Å². The van der Waals surface area contributed by atoms with Gasteiger partial charge in [-0.25, -0.2) is 14.8 Å². The molecule has 11 heteroatoms. The van der Waals surface area contributed by atoms with Crippen molar-refractivity contribution in [2.45, 2.75) is 46.8 Å². The zero-order valence-corrected chi connectivity index (χ0v) is 27.2. The van der Waals surface area contributed by atoms with Gasteiger partial charge in [0.25, 0.3) is 5.91 Å². The van der Waals surface area contributed by atoms with Crippen molar-refractivity contribution in [3.63, 3.8) is 0 Å². The van der Waals surface area contributed by atoms with Crippen LogP contribution >= 0.6 is 0 Å². The monoisotopic (exact) mass is 625 g/mol. The number of likely N-dealkylation sites (N-methyl/N-ethyl adjacent to an activating group) is 2. The molecule has 0 aliphatic heterocycles. The fourth-order valence-corrected chi connectivity index (χ4v) is 4.44. The third-order valence-electron chi connectivity index (χ3n) is 7.50. The molecule has 0 fully saturated rings. The standard InChI is InChI=1S/C35H43N7O4/c1-6-26(4)46-35(44)45-24-41(5)19-20-42(7-2)23-27-11-13-28(14-12-27)33(43)38-30-15-10-25(3)32(21-30)40-34-37-18-16-31(39-34)29-9-8-17-36-22-29/h8-18,21-22,26H,6-7,19-20,23-24H2,1-5H3,(H,38,43)(H,37,39,40). The molecular weight excluding hydrogens is 582 g/mol. The average molecular weight is 626 g/mol. The number of nitrogens with one attached hydrogen (secondary N) is 2. The molecule has 0 spiro atoms. The Bertz CT molecular complexity index is 1570. The zero-order chi connectivity index (χ0) is 32.9. The SMILES string of the molecule is CCC(C)OC(=O)OCN(C)CCN(CC)Cc1ccc(C(=O)Nc2ccc(C)c(Nc3nccc(-c4cccnc4)n3)c2)cc1. The molecule has 242 valence electrons. The molecule has 0 aliphatic rings. The second-order valence-electron chi connectivity index (χ2n) is 11.1. The quantitative estimate of drug-likeness (QED) is 0.112. The molecule has 4 aromatic rings. The second-order valence-corrected chi connectivity index (χ2v) is 11.1. The van der Waals surface area contributed by atoms with E-state index in [-0.39, 0.29) is 18.7 Å². The third-order valence-corrected chi connectivity index (χ3v) is 7.50. The van der Waals surface area contributed by atoms with Gasteiger partial charge in [-0.3, -0.25) is 19.6 Å². The number of aromatic nitrogens is 3. The number of carbonyl (C=O) groups is 2. The number of hydrogen-bond acceptors (Lipinski definition) is 10. The first-order chi connectivity index (χ1) is 22.2. The van der Waals surface area contributed by atoms with Crippen molar-refractivity contribution >= 4 is 29.4 Å². The number of anilines is 3. The van der Waals surface area contributed by atoms with Gasteiger partial charge in [0.2, 0.25) is 5.95 Å². The maximum atomic E-state index is 13.1. The van der Waals surface area contributed by atoms with Crippen molar-refractivity contribution in [2.24, 2.45) is 0 Å². The molecular formula is C35H43N7O4. The highest BCUT2D eigenvalue weighted by Crippen LogP contribution is 2.25. The molecule has 0 bridgehead atoms. The predicted octanol–water partition coefficient (Wildman–Crippen LogP) is 6.51. The summed E-state index contributed by atoms with van der Waals surface area (Å²) < 4.78 is 10.3. The van der Waals surface area contributed by atoms with Crippen LogP contribution in [0.5, 0.6) is 0 Å². The molecule has 1 unspecified atom stereocenters. The van der Waals surface area contributed by atoms with E-state index in [1.165, 1.54) is 0 Å². The number of amides is 1. The number of pyridine rings is 1. The van der Waals surface area contributed by atoms with E-state index in [0.29, 0.717) is 17.2 Å². The topological polar surface area (TPSA) is 122 Å². The first kappa shape index (κ1) is 34.0. The Labute approximate surface area is 271 Å². The molecule has 2 N–H and O–H groups in total. The summed E-state index contributed by atoms with van der Waals surface area (Å²) in [7, 11) is 1.90. The molecule has 2 aromatic heterocycles. The Morgan fingerprint density at radius 1 is 1.00 bits per heavy atom. The van der Waals surface area contributed by atoms with Crippen LogP contribution < -0.4 is 10.6 Å². The van der Waals surface area contributed by atoms with Crippen LogP contribution in [0, 0.1) is 6.92 Å². The molecule has 4 rings (SSSR count). The lowest BCUT2D eigenvalue weighted by molar-refractivity contribution is -0.000873. The molecule has 0 saturated heterocycles. The predicted molar refractivity (Wildman–Crippen MR) is 180 cm³/mol. The van der Waals surface area contributed by atoms with Crippen LogP contribution in [0.2, 0.25) is 0 Å². The van der Waals surface area contributed by atoms with E-state index >= 15 is 0 Å². The van der Waals surface area contributed by atoms with E-state index in [4.69, 9.17) is 9.47 Å². The van der Waals surface area contributed by atoms with Crippen LogP contribution in [0.25, 0.3) is 11.3 Å². The lowest BCUT2D eigenvalue weighted by atomic mass is 10.1. The van der Waals surface area contributed by atoms with Crippen molar-refractivity contribution in [1.82, 2.24) is 24.8 Å². The van der Waals surface area contributed by atoms with Gasteiger partial charge < -0.3 is 20.1 Å². The smallest absolute Gasteiger partial charge is 0.431 e. The van der Waals surface area contributed by atoms with E-state index in [1.54, 1.807) is 18.6 Å². The van der Waals surface area contributed by atoms with E-state index in [0.717, 1.165) is 60.7 Å². The Kier molecular flexibility index (Phi) is 12.6. The molecule has 11 nitrogen and oxygen atoms in total. The van der Waals surface area contributed by atoms with Crippen LogP contribution in [-0.4, -0.2) is 76.3 Å². The molecule has 0 aliphatic carbocycles. The summed E-state index contributed by atoms with van der Waals surface area (Å²) in [6.07, 6.45) is 5.12. The molecule has 46 heavy (non-hydrogen) atoms. The lowest BCUT2D eigenvalue weighted by Crippen LogP contribution is -2.34. The minimum absolute atomic E-state index is 0.160. The molecule has 2 aromatic carbocycles. The molecule has 0 radical (unpaired) electrons. The van der Waals surface area contributed by atoms with Crippen molar-refractivity contribution < 1.29 is 19.1 Å². The molecule has 2 heterocycles. The van der Waals surface area contributed by atoms with Gasteiger partial charge in [0.1, 0.15) is 12.8 Å². The van der Waals surface area contributed by atoms with Gasteiger partial charge >= 0.3 is 6.16 Å². The number of aryl methyl sites for hydroxylation is 1. The highest BCUT2D eigenvalue weighted by atomic mass is 16.7. The number of nitrogens with zero attached hydrogens (tertiary/aromatic N) is 5. The zero-order valence-electron chi connectivity index (χ0n) is 27.2. The van der Waals surface area contributed by atoms with Gasteiger partial charge in [0.05, 0.1) is 5.69 Å². The number of hydrogen-bond donors (Lipinski definition) is 2.